The SMILES string of the molecule is CC(N)CNC(=O)C1(C)CC1(Cl)Cl.Cl. The number of amides is 1. The molecule has 0 heterocycles. The van der Waals surface area contributed by atoms with Crippen molar-refractivity contribution in [2.75, 3.05) is 6.54 Å². The Balaban J connectivity index is 0.00000169. The summed E-state index contributed by atoms with van der Waals surface area (Å²) in [6, 6.07) is -0.0497. The lowest BCUT2D eigenvalue weighted by atomic mass is 10.1. The predicted molar refractivity (Wildman–Crippen MR) is 61.1 cm³/mol. The summed E-state index contributed by atoms with van der Waals surface area (Å²) in [4.78, 5) is 11.5. The molecule has 14 heavy (non-hydrogen) atoms. The first-order valence-electron chi connectivity index (χ1n) is 4.21. The molecule has 0 spiro atoms. The van der Waals surface area contributed by atoms with E-state index in [1.54, 1.807) is 6.92 Å². The van der Waals surface area contributed by atoms with Crippen LogP contribution in [0.2, 0.25) is 0 Å². The molecule has 0 saturated heterocycles. The van der Waals surface area contributed by atoms with Crippen molar-refractivity contribution in [2.45, 2.75) is 30.6 Å². The Bertz CT molecular complexity index is 233. The van der Waals surface area contributed by atoms with Crippen molar-refractivity contribution in [3.05, 3.63) is 0 Å². The van der Waals surface area contributed by atoms with Crippen molar-refractivity contribution in [1.82, 2.24) is 5.32 Å². The third kappa shape index (κ3) is 2.66. The quantitative estimate of drug-likeness (QED) is 0.756. The van der Waals surface area contributed by atoms with E-state index in [0.717, 1.165) is 0 Å². The molecule has 1 saturated carbocycles. The van der Waals surface area contributed by atoms with Gasteiger partial charge in [-0.15, -0.1) is 35.6 Å². The van der Waals surface area contributed by atoms with Crippen molar-refractivity contribution in [1.29, 1.82) is 0 Å². The van der Waals surface area contributed by atoms with Crippen LogP contribution in [0.25, 0.3) is 0 Å². The topological polar surface area (TPSA) is 55.1 Å². The highest BCUT2D eigenvalue weighted by Crippen LogP contribution is 2.63. The van der Waals surface area contributed by atoms with Crippen LogP contribution in [0, 0.1) is 5.41 Å². The summed E-state index contributed by atoms with van der Waals surface area (Å²) in [7, 11) is 0. The first kappa shape index (κ1) is 14.3. The maximum Gasteiger partial charge on any atom is 0.229 e. The van der Waals surface area contributed by atoms with Gasteiger partial charge in [0.05, 0.1) is 5.41 Å². The van der Waals surface area contributed by atoms with E-state index in [-0.39, 0.29) is 24.4 Å². The molecule has 6 heteroatoms. The zero-order valence-electron chi connectivity index (χ0n) is 8.14. The van der Waals surface area contributed by atoms with E-state index in [1.165, 1.54) is 0 Å². The van der Waals surface area contributed by atoms with Crippen molar-refractivity contribution >= 4 is 41.5 Å². The molecule has 0 bridgehead atoms. The Labute approximate surface area is 100 Å². The fourth-order valence-corrected chi connectivity index (χ4v) is 1.80. The number of hydrogen-bond donors (Lipinski definition) is 2. The summed E-state index contributed by atoms with van der Waals surface area (Å²) in [6.07, 6.45) is 0.508. The molecule has 3 N–H and O–H groups in total. The van der Waals surface area contributed by atoms with Gasteiger partial charge in [-0.1, -0.05) is 0 Å². The van der Waals surface area contributed by atoms with E-state index in [0.29, 0.717) is 13.0 Å². The zero-order chi connectivity index (χ0) is 10.3. The lowest BCUT2D eigenvalue weighted by Crippen LogP contribution is -2.40. The predicted octanol–water partition coefficient (Wildman–Crippen LogP) is 1.46. The van der Waals surface area contributed by atoms with Gasteiger partial charge in [-0.2, -0.15) is 0 Å². The van der Waals surface area contributed by atoms with E-state index in [4.69, 9.17) is 28.9 Å². The number of alkyl halides is 2. The average Bonchev–Trinajstić information content (AvgIpc) is 2.48. The van der Waals surface area contributed by atoms with Crippen molar-refractivity contribution in [3.63, 3.8) is 0 Å². The third-order valence-corrected chi connectivity index (χ3v) is 3.45. The average molecular weight is 262 g/mol. The van der Waals surface area contributed by atoms with Gasteiger partial charge in [0.25, 0.3) is 0 Å². The highest BCUT2D eigenvalue weighted by atomic mass is 35.5. The van der Waals surface area contributed by atoms with E-state index < -0.39 is 9.75 Å². The van der Waals surface area contributed by atoms with Gasteiger partial charge >= 0.3 is 0 Å². The maximum absolute atomic E-state index is 11.5. The number of nitrogens with one attached hydrogen (secondary N) is 1. The van der Waals surface area contributed by atoms with E-state index in [9.17, 15) is 4.79 Å². The smallest absolute Gasteiger partial charge is 0.229 e. The van der Waals surface area contributed by atoms with Gasteiger partial charge < -0.3 is 11.1 Å². The second kappa shape index (κ2) is 4.44. The van der Waals surface area contributed by atoms with Crippen LogP contribution in [-0.2, 0) is 4.79 Å². The molecule has 1 amide bonds. The van der Waals surface area contributed by atoms with Crippen molar-refractivity contribution in [2.24, 2.45) is 11.1 Å². The molecule has 84 valence electrons. The first-order valence-corrected chi connectivity index (χ1v) is 4.97. The van der Waals surface area contributed by atoms with Gasteiger partial charge in [-0.25, -0.2) is 0 Å². The van der Waals surface area contributed by atoms with Crippen molar-refractivity contribution in [3.8, 4) is 0 Å². The Morgan fingerprint density at radius 1 is 1.64 bits per heavy atom. The Hall–Kier alpha value is 0.300. The monoisotopic (exact) mass is 260 g/mol. The first-order chi connectivity index (χ1) is 5.79. The number of halogens is 3. The molecule has 3 nitrogen and oxygen atoms in total. The summed E-state index contributed by atoms with van der Waals surface area (Å²) in [5.41, 5.74) is 4.86. The van der Waals surface area contributed by atoms with Gasteiger partial charge in [0, 0.05) is 12.6 Å². The highest BCUT2D eigenvalue weighted by Gasteiger charge is 2.67. The summed E-state index contributed by atoms with van der Waals surface area (Å²) in [6.45, 7) is 4.03. The van der Waals surface area contributed by atoms with Gasteiger partial charge in [-0.3, -0.25) is 4.79 Å². The van der Waals surface area contributed by atoms with Crippen LogP contribution in [0.15, 0.2) is 0 Å². The summed E-state index contributed by atoms with van der Waals surface area (Å²) < 4.78 is -0.894. The van der Waals surface area contributed by atoms with Crippen LogP contribution in [0.3, 0.4) is 0 Å². The standard InChI is InChI=1S/C8H14Cl2N2O.ClH/c1-5(11)3-12-6(13)7(2)4-8(7,9)10;/h5H,3-4,11H2,1-2H3,(H,12,13);1H. The Morgan fingerprint density at radius 2 is 2.07 bits per heavy atom. The molecule has 0 aromatic carbocycles. The number of hydrogen-bond acceptors (Lipinski definition) is 2. The molecular formula is C8H15Cl3N2O. The highest BCUT2D eigenvalue weighted by molar-refractivity contribution is 6.53. The van der Waals surface area contributed by atoms with Gasteiger partial charge in [0.15, 0.2) is 0 Å². The number of rotatable bonds is 3. The van der Waals surface area contributed by atoms with Gasteiger partial charge in [0.1, 0.15) is 4.33 Å². The Morgan fingerprint density at radius 3 is 2.36 bits per heavy atom. The van der Waals surface area contributed by atoms with Crippen LogP contribution < -0.4 is 11.1 Å². The molecule has 1 fully saturated rings. The molecule has 1 aliphatic carbocycles. The second-order valence-electron chi connectivity index (χ2n) is 3.90. The summed E-state index contributed by atoms with van der Waals surface area (Å²) in [5.74, 6) is -0.116. The van der Waals surface area contributed by atoms with Crippen LogP contribution in [0.1, 0.15) is 20.3 Å². The molecular weight excluding hydrogens is 246 g/mol. The second-order valence-corrected chi connectivity index (χ2v) is 5.38. The van der Waals surface area contributed by atoms with E-state index in [1.807, 2.05) is 6.92 Å². The fraction of sp³-hybridized carbons (Fsp3) is 0.875. The zero-order valence-corrected chi connectivity index (χ0v) is 10.5. The van der Waals surface area contributed by atoms with Gasteiger partial charge in [0.2, 0.25) is 5.91 Å². The normalized spacial score (nSPS) is 30.1. The van der Waals surface area contributed by atoms with Crippen LogP contribution >= 0.6 is 35.6 Å². The lowest BCUT2D eigenvalue weighted by molar-refractivity contribution is -0.125. The minimum absolute atomic E-state index is 0. The fourth-order valence-electron chi connectivity index (χ4n) is 1.09. The molecule has 2 unspecified atom stereocenters. The van der Waals surface area contributed by atoms with E-state index >= 15 is 0 Å². The van der Waals surface area contributed by atoms with Gasteiger partial charge in [-0.05, 0) is 20.3 Å². The molecule has 0 radical (unpaired) electrons. The summed E-state index contributed by atoms with van der Waals surface area (Å²) >= 11 is 11.7. The van der Waals surface area contributed by atoms with Crippen molar-refractivity contribution < 1.29 is 4.79 Å². The molecule has 1 aliphatic rings. The van der Waals surface area contributed by atoms with Crippen LogP contribution in [0.5, 0.6) is 0 Å². The third-order valence-electron chi connectivity index (χ3n) is 2.34. The molecule has 1 rings (SSSR count). The number of carbonyl (C=O) groups excluding carboxylic acids is 1. The lowest BCUT2D eigenvalue weighted by Gasteiger charge is -2.13. The molecule has 0 aliphatic heterocycles. The number of nitrogens with two attached hydrogens (primary N) is 1. The summed E-state index contributed by atoms with van der Waals surface area (Å²) in [5, 5.41) is 2.71. The Kier molecular flexibility index (Phi) is 4.53. The molecule has 2 atom stereocenters. The van der Waals surface area contributed by atoms with E-state index in [2.05, 4.69) is 5.32 Å². The minimum Gasteiger partial charge on any atom is -0.354 e. The molecule has 0 aromatic heterocycles. The maximum atomic E-state index is 11.5. The largest absolute Gasteiger partial charge is 0.354 e. The number of carbonyl (C=O) groups is 1. The molecule has 0 aromatic rings. The minimum atomic E-state index is -0.894. The van der Waals surface area contributed by atoms with Crippen LogP contribution in [0.4, 0.5) is 0 Å². The van der Waals surface area contributed by atoms with Crippen LogP contribution in [-0.4, -0.2) is 22.8 Å².